The average molecular weight is 859 g/mol. The van der Waals surface area contributed by atoms with Gasteiger partial charge in [0.2, 0.25) is 0 Å². The number of carbonyl (C=O) groups is 2. The number of unbranched alkanes of at least 4 members (excludes halogenated alkanes) is 14. The number of furan rings is 1. The van der Waals surface area contributed by atoms with E-state index >= 15 is 0 Å². The van der Waals surface area contributed by atoms with Gasteiger partial charge in [-0.25, -0.2) is 4.57 Å². The minimum atomic E-state index is -4.43. The van der Waals surface area contributed by atoms with Crippen molar-refractivity contribution in [1.82, 2.24) is 0 Å². The van der Waals surface area contributed by atoms with E-state index in [1.165, 1.54) is 36.8 Å². The Balaban J connectivity index is 2.37. The highest BCUT2D eigenvalue weighted by Crippen LogP contribution is 2.43. The first-order chi connectivity index (χ1) is 28.1. The Morgan fingerprint density at radius 3 is 1.88 bits per heavy atom. The smallest absolute Gasteiger partial charge is 0.466 e. The first-order valence-electron chi connectivity index (χ1n) is 22.9. The zero-order valence-corrected chi connectivity index (χ0v) is 39.1. The first kappa shape index (κ1) is 55.0. The van der Waals surface area contributed by atoms with Crippen LogP contribution in [0.4, 0.5) is 0 Å². The quantitative estimate of drug-likeness (QED) is 0.0191. The predicted molar refractivity (Wildman–Crippen MR) is 235 cm³/mol. The van der Waals surface area contributed by atoms with Crippen LogP contribution in [0, 0.1) is 13.8 Å². The zero-order chi connectivity index (χ0) is 43.9. The van der Waals surface area contributed by atoms with Gasteiger partial charge in [0.25, 0.3) is 0 Å². The van der Waals surface area contributed by atoms with Gasteiger partial charge in [-0.15, -0.1) is 0 Å². The summed E-state index contributed by atoms with van der Waals surface area (Å²) in [6.45, 7) is 8.40. The van der Waals surface area contributed by atoms with E-state index < -0.39 is 44.7 Å². The second-order valence-corrected chi connectivity index (χ2v) is 18.8. The van der Waals surface area contributed by atoms with Crippen LogP contribution in [0.15, 0.2) is 16.6 Å². The molecule has 0 saturated heterocycles. The molecule has 0 saturated carbocycles. The van der Waals surface area contributed by atoms with Gasteiger partial charge in [-0.1, -0.05) is 103 Å². The second kappa shape index (κ2) is 32.6. The van der Waals surface area contributed by atoms with E-state index in [1.54, 1.807) is 0 Å². The van der Waals surface area contributed by atoms with Gasteiger partial charge >= 0.3 is 19.8 Å². The maximum absolute atomic E-state index is 12.7. The Morgan fingerprint density at radius 2 is 1.27 bits per heavy atom. The van der Waals surface area contributed by atoms with Gasteiger partial charge in [0.05, 0.1) is 40.0 Å². The van der Waals surface area contributed by atoms with E-state index in [1.807, 2.05) is 27.2 Å². The first-order valence-corrected chi connectivity index (χ1v) is 24.4. The molecule has 0 aliphatic carbocycles. The SMILES string of the molecule is CCCCC/C=C\C[C@H](O)[C@@H](O)CCCCCCCC(=O)O[C@H](COC(=O)CCCCCCCCCCc1oc(CCC)c(C)c1C)COP(=O)(O)OCC[N+](C)(C)C. The molecule has 0 bridgehead atoms. The van der Waals surface area contributed by atoms with Crippen LogP contribution in [0.2, 0.25) is 0 Å². The molecule has 0 spiro atoms. The number of phosphoric acid groups is 1. The number of quaternary nitrogens is 1. The third-order valence-electron chi connectivity index (χ3n) is 10.7. The van der Waals surface area contributed by atoms with Crippen LogP contribution in [0.3, 0.4) is 0 Å². The lowest BCUT2D eigenvalue weighted by Crippen LogP contribution is -2.37. The van der Waals surface area contributed by atoms with Gasteiger partial charge in [-0.3, -0.25) is 18.6 Å². The van der Waals surface area contributed by atoms with E-state index in [-0.39, 0.29) is 26.1 Å². The molecule has 1 aromatic rings. The van der Waals surface area contributed by atoms with Crippen LogP contribution in [-0.4, -0.2) is 97.3 Å². The summed E-state index contributed by atoms with van der Waals surface area (Å²) in [6.07, 6.45) is 22.7. The molecule has 1 heterocycles. The number of hydrogen-bond donors (Lipinski definition) is 3. The maximum atomic E-state index is 12.7. The fourth-order valence-electron chi connectivity index (χ4n) is 6.67. The van der Waals surface area contributed by atoms with Crippen molar-refractivity contribution in [3.05, 3.63) is 34.8 Å². The number of nitrogens with zero attached hydrogens (tertiary/aromatic N) is 1. The molecule has 13 heteroatoms. The molecule has 59 heavy (non-hydrogen) atoms. The highest BCUT2D eigenvalue weighted by atomic mass is 31.2. The van der Waals surface area contributed by atoms with E-state index in [9.17, 15) is 29.3 Å². The minimum absolute atomic E-state index is 0.00205. The van der Waals surface area contributed by atoms with E-state index in [0.717, 1.165) is 101 Å². The van der Waals surface area contributed by atoms with Crippen LogP contribution in [-0.2, 0) is 45.5 Å². The van der Waals surface area contributed by atoms with Crippen LogP contribution < -0.4 is 0 Å². The maximum Gasteiger partial charge on any atom is 0.472 e. The van der Waals surface area contributed by atoms with E-state index in [0.29, 0.717) is 36.7 Å². The van der Waals surface area contributed by atoms with Crippen molar-refractivity contribution in [2.75, 3.05) is 47.5 Å². The lowest BCUT2D eigenvalue weighted by Gasteiger charge is -2.24. The van der Waals surface area contributed by atoms with Crippen LogP contribution >= 0.6 is 7.82 Å². The van der Waals surface area contributed by atoms with Crippen molar-refractivity contribution in [3.63, 3.8) is 0 Å². The van der Waals surface area contributed by atoms with Crippen LogP contribution in [0.5, 0.6) is 0 Å². The number of ether oxygens (including phenoxy) is 2. The lowest BCUT2D eigenvalue weighted by atomic mass is 10.0. The van der Waals surface area contributed by atoms with Crippen molar-refractivity contribution in [2.24, 2.45) is 0 Å². The molecular formula is C46H85NO11P+. The second-order valence-electron chi connectivity index (χ2n) is 17.3. The Morgan fingerprint density at radius 1 is 0.695 bits per heavy atom. The molecule has 0 amide bonds. The number of aliphatic hydroxyl groups is 2. The molecule has 0 radical (unpaired) electrons. The van der Waals surface area contributed by atoms with Gasteiger partial charge in [-0.05, 0) is 76.3 Å². The Labute approximate surface area is 358 Å². The van der Waals surface area contributed by atoms with E-state index in [4.69, 9.17) is 22.9 Å². The molecule has 1 aromatic heterocycles. The minimum Gasteiger partial charge on any atom is -0.466 e. The van der Waals surface area contributed by atoms with Crippen molar-refractivity contribution < 1.29 is 56.7 Å². The molecule has 0 aromatic carbocycles. The fraction of sp³-hybridized carbons (Fsp3) is 0.826. The highest BCUT2D eigenvalue weighted by Gasteiger charge is 2.27. The highest BCUT2D eigenvalue weighted by molar-refractivity contribution is 7.47. The number of rotatable bonds is 38. The third kappa shape index (κ3) is 29.0. The Kier molecular flexibility index (Phi) is 30.4. The number of phosphoric ester groups is 1. The summed E-state index contributed by atoms with van der Waals surface area (Å²) in [5.41, 5.74) is 2.61. The standard InChI is InChI=1S/C46H84NO11P/c1-8-10-11-12-18-23-29-41(48)42(49)30-24-19-17-22-27-33-46(51)57-40(37-56-59(52,53)55-35-34-47(5,6)7)36-54-45(50)32-26-21-16-14-13-15-20-25-31-44-39(4)38(3)43(58-44)28-9-2/h18,23,40-42,48-49H,8-17,19-22,24-37H2,1-7H3/p+1/b23-18-/t40-,41+,42+/m1/s1. The number of allylic oxidation sites excluding steroid dienone is 1. The van der Waals surface area contributed by atoms with Crippen molar-refractivity contribution in [2.45, 2.75) is 200 Å². The zero-order valence-electron chi connectivity index (χ0n) is 38.2. The topological polar surface area (TPSA) is 162 Å². The van der Waals surface area contributed by atoms with Gasteiger partial charge in [-0.2, -0.15) is 0 Å². The molecule has 344 valence electrons. The molecule has 4 atom stereocenters. The van der Waals surface area contributed by atoms with Gasteiger partial charge in [0.1, 0.15) is 31.3 Å². The number of carbonyl (C=O) groups excluding carboxylic acids is 2. The largest absolute Gasteiger partial charge is 0.472 e. The van der Waals surface area contributed by atoms with Crippen molar-refractivity contribution in [3.8, 4) is 0 Å². The predicted octanol–water partition coefficient (Wildman–Crippen LogP) is 10.2. The molecule has 12 nitrogen and oxygen atoms in total. The summed E-state index contributed by atoms with van der Waals surface area (Å²) in [6, 6.07) is 0. The van der Waals surface area contributed by atoms with Crippen molar-refractivity contribution in [1.29, 1.82) is 0 Å². The summed E-state index contributed by atoms with van der Waals surface area (Å²) in [5.74, 6) is 1.35. The number of hydrogen-bond acceptors (Lipinski definition) is 10. The van der Waals surface area contributed by atoms with Gasteiger partial charge in [0, 0.05) is 25.7 Å². The Hall–Kier alpha value is -2.05. The summed E-state index contributed by atoms with van der Waals surface area (Å²) in [5, 5.41) is 20.5. The number of aliphatic hydroxyl groups excluding tert-OH is 2. The molecule has 1 unspecified atom stereocenters. The molecule has 0 aliphatic heterocycles. The average Bonchev–Trinajstić information content (AvgIpc) is 3.44. The molecule has 3 N–H and O–H groups in total. The fourth-order valence-corrected chi connectivity index (χ4v) is 7.41. The Bertz CT molecular complexity index is 1320. The van der Waals surface area contributed by atoms with Crippen LogP contribution in [0.1, 0.15) is 178 Å². The number of likely N-dealkylation sites (N-methyl/N-ethyl adjacent to an activating group) is 1. The summed E-state index contributed by atoms with van der Waals surface area (Å²) < 4.78 is 40.4. The normalized spacial score (nSPS) is 14.7. The molecule has 0 aliphatic rings. The van der Waals surface area contributed by atoms with Gasteiger partial charge < -0.3 is 33.5 Å². The lowest BCUT2D eigenvalue weighted by molar-refractivity contribution is -0.870. The summed E-state index contributed by atoms with van der Waals surface area (Å²) in [7, 11) is 1.36. The number of esters is 2. The molecule has 1 rings (SSSR count). The molecule has 0 fully saturated rings. The van der Waals surface area contributed by atoms with Crippen molar-refractivity contribution >= 4 is 19.8 Å². The third-order valence-corrected chi connectivity index (χ3v) is 11.7. The molecular weight excluding hydrogens is 773 g/mol. The van der Waals surface area contributed by atoms with Gasteiger partial charge in [0.15, 0.2) is 6.10 Å². The monoisotopic (exact) mass is 859 g/mol. The van der Waals surface area contributed by atoms with E-state index in [2.05, 4.69) is 33.8 Å². The summed E-state index contributed by atoms with van der Waals surface area (Å²) in [4.78, 5) is 35.5. The van der Waals surface area contributed by atoms with Crippen LogP contribution in [0.25, 0.3) is 0 Å². The summed E-state index contributed by atoms with van der Waals surface area (Å²) >= 11 is 0. The number of aryl methyl sites for hydroxylation is 2.